The highest BCUT2D eigenvalue weighted by molar-refractivity contribution is 7.89. The number of fused-ring (bicyclic) bond motifs is 5. The fourth-order valence-corrected chi connectivity index (χ4v) is 11.6. The van der Waals surface area contributed by atoms with Crippen molar-refractivity contribution >= 4 is 32.9 Å². The number of nitrogens with one attached hydrogen (secondary N) is 1. The van der Waals surface area contributed by atoms with Crippen LogP contribution < -0.4 is 19.8 Å². The standard InChI is InChI=1S/C63H59N9O9S/c1-2-52-53-32-49(19-22-57(53)69-59-55(52)40-72-58(59)33-54-56(61(72)74)41-80-63(76)60(54)73)81-62(75)44-17-20-51(21-18-44)82(77,78)68-27-11-12-28-79-50-30-42(34-70(36-45-13-3-7-23-64-45)37-46-14-4-8-24-65-46)29-43(31-50)35-71(38-47-15-5-9-25-66-47)39-48-16-6-10-26-67-48/h3-10,13-26,29-33,60,68,73H,2,11-12,27-28,34-41H2,1H3. The van der Waals surface area contributed by atoms with E-state index in [2.05, 4.69) is 52.7 Å². The minimum atomic E-state index is -3.93. The van der Waals surface area contributed by atoms with Crippen molar-refractivity contribution in [3.8, 4) is 22.9 Å². The zero-order valence-corrected chi connectivity index (χ0v) is 45.9. The molecule has 0 aliphatic carbocycles. The summed E-state index contributed by atoms with van der Waals surface area (Å²) in [4.78, 5) is 67.1. The molecular weight excluding hydrogens is 1060 g/mol. The lowest BCUT2D eigenvalue weighted by atomic mass is 9.97. The van der Waals surface area contributed by atoms with Crippen LogP contribution in [0.25, 0.3) is 22.3 Å². The Kier molecular flexibility index (Phi) is 16.7. The molecule has 1 atom stereocenters. The molecule has 0 amide bonds. The Morgan fingerprint density at radius 1 is 0.695 bits per heavy atom. The van der Waals surface area contributed by atoms with E-state index < -0.39 is 28.1 Å². The second kappa shape index (κ2) is 24.9. The summed E-state index contributed by atoms with van der Waals surface area (Å²) in [5.41, 5.74) is 9.52. The Bertz CT molecular complexity index is 3740. The first kappa shape index (κ1) is 55.1. The first-order valence-electron chi connectivity index (χ1n) is 27.1. The first-order chi connectivity index (χ1) is 39.9. The summed E-state index contributed by atoms with van der Waals surface area (Å²) in [5, 5.41) is 11.3. The van der Waals surface area contributed by atoms with Crippen LogP contribution in [0.3, 0.4) is 0 Å². The number of unbranched alkanes of at least 4 members (excludes halogenated alkanes) is 1. The number of aliphatic hydroxyl groups excluding tert-OH is 1. The summed E-state index contributed by atoms with van der Waals surface area (Å²) in [6, 6.07) is 42.3. The van der Waals surface area contributed by atoms with Crippen molar-refractivity contribution in [3.63, 3.8) is 0 Å². The van der Waals surface area contributed by atoms with Gasteiger partial charge < -0.3 is 23.9 Å². The topological polar surface area (TPSA) is 221 Å². The quantitative estimate of drug-likeness (QED) is 0.0349. The van der Waals surface area contributed by atoms with Crippen LogP contribution in [0, 0.1) is 0 Å². The van der Waals surface area contributed by atoms with Crippen molar-refractivity contribution in [1.29, 1.82) is 0 Å². The van der Waals surface area contributed by atoms with Gasteiger partial charge in [-0.3, -0.25) is 34.5 Å². The van der Waals surface area contributed by atoms with Gasteiger partial charge in [-0.05, 0) is 145 Å². The van der Waals surface area contributed by atoms with Crippen molar-refractivity contribution in [3.05, 3.63) is 236 Å². The molecule has 11 rings (SSSR count). The van der Waals surface area contributed by atoms with E-state index in [1.54, 1.807) is 53.6 Å². The van der Waals surface area contributed by atoms with E-state index >= 15 is 0 Å². The van der Waals surface area contributed by atoms with Crippen LogP contribution >= 0.6 is 0 Å². The van der Waals surface area contributed by atoms with Crippen LogP contribution in [-0.4, -0.2) is 77.9 Å². The molecule has 3 aromatic carbocycles. The normalized spacial score (nSPS) is 13.7. The molecule has 416 valence electrons. The maximum absolute atomic E-state index is 13.5. The van der Waals surface area contributed by atoms with Gasteiger partial charge in [0.15, 0.2) is 6.10 Å². The van der Waals surface area contributed by atoms with Crippen LogP contribution in [-0.2, 0) is 78.4 Å². The molecule has 82 heavy (non-hydrogen) atoms. The lowest BCUT2D eigenvalue weighted by Crippen LogP contribution is -2.32. The first-order valence-corrected chi connectivity index (χ1v) is 28.6. The van der Waals surface area contributed by atoms with Gasteiger partial charge >= 0.3 is 11.9 Å². The highest BCUT2D eigenvalue weighted by Crippen LogP contribution is 2.39. The third-order valence-corrected chi connectivity index (χ3v) is 15.9. The maximum atomic E-state index is 13.5. The van der Waals surface area contributed by atoms with E-state index in [9.17, 15) is 27.9 Å². The molecule has 2 N–H and O–H groups in total. The number of esters is 2. The van der Waals surface area contributed by atoms with E-state index in [4.69, 9.17) is 19.2 Å². The minimum absolute atomic E-state index is 0.00211. The third-order valence-electron chi connectivity index (χ3n) is 14.4. The SMILES string of the molecule is CCc1c2c(nc3ccc(OC(=O)c4ccc(S(=O)(=O)NCCCCOc5cc(CN(Cc6ccccn6)Cc6ccccn6)cc(CN(Cc6ccccn6)Cc6ccccn6)c5)cc4)cc13)-c1cc3c(c(=O)n1C2)COC(=O)C3O. The Labute approximate surface area is 474 Å². The summed E-state index contributed by atoms with van der Waals surface area (Å²) >= 11 is 0. The molecule has 2 aliphatic rings. The number of pyridine rings is 6. The Morgan fingerprint density at radius 3 is 1.83 bits per heavy atom. The second-order valence-corrected chi connectivity index (χ2v) is 22.0. The number of ether oxygens (including phenoxy) is 3. The van der Waals surface area contributed by atoms with Gasteiger partial charge in [-0.1, -0.05) is 37.3 Å². The summed E-state index contributed by atoms with van der Waals surface area (Å²) in [5.74, 6) is -0.531. The number of nitrogens with zero attached hydrogens (tertiary/aromatic N) is 8. The molecule has 0 saturated heterocycles. The van der Waals surface area contributed by atoms with Crippen LogP contribution in [0.1, 0.15) is 92.4 Å². The van der Waals surface area contributed by atoms with Gasteiger partial charge in [-0.25, -0.2) is 27.7 Å². The number of cyclic esters (lactones) is 1. The Balaban J connectivity index is 0.728. The van der Waals surface area contributed by atoms with Gasteiger partial charge in [0, 0.05) is 87.1 Å². The average Bonchev–Trinajstić information content (AvgIpc) is 3.19. The maximum Gasteiger partial charge on any atom is 0.343 e. The van der Waals surface area contributed by atoms with Crippen molar-refractivity contribution in [2.75, 3.05) is 13.2 Å². The third kappa shape index (κ3) is 12.8. The molecular formula is C63H59N9O9S. The van der Waals surface area contributed by atoms with Crippen LogP contribution in [0.15, 0.2) is 174 Å². The molecule has 6 aromatic heterocycles. The predicted octanol–water partition coefficient (Wildman–Crippen LogP) is 8.42. The highest BCUT2D eigenvalue weighted by atomic mass is 32.2. The van der Waals surface area contributed by atoms with Crippen molar-refractivity contribution in [2.24, 2.45) is 0 Å². The number of carbonyl (C=O) groups is 2. The van der Waals surface area contributed by atoms with E-state index in [1.165, 1.54) is 24.3 Å². The number of aromatic nitrogens is 6. The van der Waals surface area contributed by atoms with Gasteiger partial charge in [0.2, 0.25) is 10.0 Å². The molecule has 18 nitrogen and oxygen atoms in total. The zero-order valence-electron chi connectivity index (χ0n) is 45.1. The van der Waals surface area contributed by atoms with E-state index in [0.717, 1.165) is 50.4 Å². The smallest absolute Gasteiger partial charge is 0.343 e. The molecule has 2 aliphatic heterocycles. The lowest BCUT2D eigenvalue weighted by Gasteiger charge is -2.25. The average molecular weight is 1120 g/mol. The number of hydrogen-bond donors (Lipinski definition) is 2. The summed E-state index contributed by atoms with van der Waals surface area (Å²) in [6.45, 7) is 6.10. The van der Waals surface area contributed by atoms with E-state index in [0.29, 0.717) is 87.8 Å². The van der Waals surface area contributed by atoms with Gasteiger partial charge in [0.05, 0.1) is 68.9 Å². The number of carbonyl (C=O) groups excluding carboxylic acids is 2. The van der Waals surface area contributed by atoms with E-state index in [-0.39, 0.29) is 52.6 Å². The van der Waals surface area contributed by atoms with Gasteiger partial charge in [0.1, 0.15) is 18.1 Å². The molecule has 0 spiro atoms. The molecule has 0 saturated carbocycles. The molecule has 8 heterocycles. The van der Waals surface area contributed by atoms with Crippen LogP contribution in [0.2, 0.25) is 0 Å². The monoisotopic (exact) mass is 1120 g/mol. The number of aliphatic hydroxyl groups is 1. The fourth-order valence-electron chi connectivity index (χ4n) is 10.5. The van der Waals surface area contributed by atoms with Crippen molar-refractivity contribution < 1.29 is 37.3 Å². The van der Waals surface area contributed by atoms with E-state index in [1.807, 2.05) is 79.7 Å². The Hall–Kier alpha value is -8.85. The molecule has 1 unspecified atom stereocenters. The zero-order chi connectivity index (χ0) is 56.6. The molecule has 19 heteroatoms. The number of sulfonamides is 1. The molecule has 9 aromatic rings. The van der Waals surface area contributed by atoms with Gasteiger partial charge in [0.25, 0.3) is 5.56 Å². The number of hydrogen-bond acceptors (Lipinski definition) is 16. The largest absolute Gasteiger partial charge is 0.494 e. The number of aryl methyl sites for hydroxylation is 1. The fraction of sp³-hybridized carbons (Fsp3) is 0.238. The summed E-state index contributed by atoms with van der Waals surface area (Å²) < 4.78 is 48.5. The summed E-state index contributed by atoms with van der Waals surface area (Å²) in [7, 11) is -3.93. The van der Waals surface area contributed by atoms with Crippen LogP contribution in [0.5, 0.6) is 11.5 Å². The molecule has 0 radical (unpaired) electrons. The predicted molar refractivity (Wildman–Crippen MR) is 305 cm³/mol. The molecule has 0 fully saturated rings. The van der Waals surface area contributed by atoms with Crippen LogP contribution in [0.4, 0.5) is 0 Å². The number of benzene rings is 3. The highest BCUT2D eigenvalue weighted by Gasteiger charge is 2.35. The number of rotatable bonds is 23. The van der Waals surface area contributed by atoms with Crippen molar-refractivity contribution in [2.45, 2.75) is 89.6 Å². The van der Waals surface area contributed by atoms with Gasteiger partial charge in [-0.15, -0.1) is 0 Å². The van der Waals surface area contributed by atoms with Gasteiger partial charge in [-0.2, -0.15) is 0 Å². The minimum Gasteiger partial charge on any atom is -0.494 e. The second-order valence-electron chi connectivity index (χ2n) is 20.2. The Morgan fingerprint density at radius 2 is 1.28 bits per heavy atom. The molecule has 0 bridgehead atoms. The van der Waals surface area contributed by atoms with Crippen molar-refractivity contribution in [1.82, 2.24) is 44.0 Å². The lowest BCUT2D eigenvalue weighted by molar-refractivity contribution is -0.157. The summed E-state index contributed by atoms with van der Waals surface area (Å²) in [6.07, 6.45) is 7.29.